The number of methoxy groups -OCH3 is 1. The molecule has 0 aliphatic carbocycles. The lowest BCUT2D eigenvalue weighted by molar-refractivity contribution is -0.146. The number of rotatable bonds is 4. The molecule has 1 rings (SSSR count). The fourth-order valence-electron chi connectivity index (χ4n) is 1.32. The summed E-state index contributed by atoms with van der Waals surface area (Å²) in [4.78, 5) is 24.3. The lowest BCUT2D eigenvalue weighted by Gasteiger charge is -2.31. The summed E-state index contributed by atoms with van der Waals surface area (Å²) in [5.41, 5.74) is -0.987. The van der Waals surface area contributed by atoms with Gasteiger partial charge in [-0.25, -0.2) is 9.59 Å². The molecule has 0 aliphatic rings. The van der Waals surface area contributed by atoms with E-state index in [4.69, 9.17) is 21.4 Å². The summed E-state index contributed by atoms with van der Waals surface area (Å²) in [7, 11) is 2.89. The first-order valence-electron chi connectivity index (χ1n) is 5.82. The molecule has 0 saturated carbocycles. The van der Waals surface area contributed by atoms with Crippen molar-refractivity contribution in [3.63, 3.8) is 0 Å². The lowest BCUT2D eigenvalue weighted by Crippen LogP contribution is -2.52. The zero-order valence-corrected chi connectivity index (χ0v) is 12.5. The molecular weight excluding hydrogens is 284 g/mol. The zero-order chi connectivity index (χ0) is 15.5. The van der Waals surface area contributed by atoms with Gasteiger partial charge in [-0.15, -0.1) is 0 Å². The number of carboxylic acid groups (broad SMARTS) is 1. The van der Waals surface area contributed by atoms with Crippen LogP contribution in [0.25, 0.3) is 0 Å². The second kappa shape index (κ2) is 6.00. The number of benzene rings is 1. The van der Waals surface area contributed by atoms with Gasteiger partial charge in [0.05, 0.1) is 17.8 Å². The van der Waals surface area contributed by atoms with E-state index in [0.29, 0.717) is 16.5 Å². The van der Waals surface area contributed by atoms with Crippen molar-refractivity contribution in [2.45, 2.75) is 19.4 Å². The monoisotopic (exact) mass is 300 g/mol. The molecule has 1 aromatic carbocycles. The SMILES string of the molecule is COc1ccc(Cl)c(NC(=O)N(C)C(C)(C)C(=O)O)c1. The molecule has 6 nitrogen and oxygen atoms in total. The van der Waals surface area contributed by atoms with Crippen molar-refractivity contribution in [1.29, 1.82) is 0 Å². The minimum atomic E-state index is -1.34. The number of likely N-dealkylation sites (N-methyl/N-ethyl adjacent to an activating group) is 1. The topological polar surface area (TPSA) is 78.9 Å². The number of hydrogen-bond donors (Lipinski definition) is 2. The number of carbonyl (C=O) groups excluding carboxylic acids is 1. The van der Waals surface area contributed by atoms with E-state index in [-0.39, 0.29) is 0 Å². The Kier molecular flexibility index (Phi) is 4.83. The third kappa shape index (κ3) is 3.33. The number of nitrogens with zero attached hydrogens (tertiary/aromatic N) is 1. The molecule has 0 bridgehead atoms. The Morgan fingerprint density at radius 3 is 2.50 bits per heavy atom. The number of halogens is 1. The number of nitrogens with one attached hydrogen (secondary N) is 1. The van der Waals surface area contributed by atoms with Crippen LogP contribution in [-0.4, -0.2) is 41.7 Å². The summed E-state index contributed by atoms with van der Waals surface area (Å²) in [6.45, 7) is 2.87. The molecule has 0 radical (unpaired) electrons. The number of ether oxygens (including phenoxy) is 1. The highest BCUT2D eigenvalue weighted by molar-refractivity contribution is 6.33. The summed E-state index contributed by atoms with van der Waals surface area (Å²) in [6, 6.07) is 4.22. The number of urea groups is 1. The Morgan fingerprint density at radius 2 is 2.00 bits per heavy atom. The fraction of sp³-hybridized carbons (Fsp3) is 0.385. The molecule has 20 heavy (non-hydrogen) atoms. The van der Waals surface area contributed by atoms with Crippen LogP contribution < -0.4 is 10.1 Å². The average Bonchev–Trinajstić information content (AvgIpc) is 2.39. The number of aliphatic carboxylic acids is 1. The van der Waals surface area contributed by atoms with Crippen LogP contribution in [0, 0.1) is 0 Å². The lowest BCUT2D eigenvalue weighted by atomic mass is 10.1. The van der Waals surface area contributed by atoms with E-state index in [9.17, 15) is 9.59 Å². The summed E-state index contributed by atoms with van der Waals surface area (Å²) < 4.78 is 5.04. The highest BCUT2D eigenvalue weighted by Gasteiger charge is 2.35. The molecule has 0 fully saturated rings. The van der Waals surface area contributed by atoms with Gasteiger partial charge in [-0.05, 0) is 26.0 Å². The molecule has 0 heterocycles. The second-order valence-corrected chi connectivity index (χ2v) is 5.11. The van der Waals surface area contributed by atoms with Crippen LogP contribution in [-0.2, 0) is 4.79 Å². The third-order valence-electron chi connectivity index (χ3n) is 3.08. The summed E-state index contributed by atoms with van der Waals surface area (Å²) in [5, 5.41) is 12.0. The van der Waals surface area contributed by atoms with Gasteiger partial charge in [0.1, 0.15) is 11.3 Å². The van der Waals surface area contributed by atoms with Crippen LogP contribution in [0.5, 0.6) is 5.75 Å². The van der Waals surface area contributed by atoms with Gasteiger partial charge in [0.2, 0.25) is 0 Å². The summed E-state index contributed by atoms with van der Waals surface area (Å²) in [5.74, 6) is -0.572. The van der Waals surface area contributed by atoms with Gasteiger partial charge in [0, 0.05) is 13.1 Å². The zero-order valence-electron chi connectivity index (χ0n) is 11.7. The van der Waals surface area contributed by atoms with E-state index in [1.165, 1.54) is 28.0 Å². The number of carbonyl (C=O) groups is 2. The quantitative estimate of drug-likeness (QED) is 0.896. The molecule has 2 N–H and O–H groups in total. The van der Waals surface area contributed by atoms with Gasteiger partial charge >= 0.3 is 12.0 Å². The summed E-state index contributed by atoms with van der Waals surface area (Å²) >= 11 is 5.97. The highest BCUT2D eigenvalue weighted by Crippen LogP contribution is 2.27. The Labute approximate surface area is 122 Å². The maximum absolute atomic E-state index is 12.1. The normalized spacial score (nSPS) is 10.8. The number of anilines is 1. The first-order valence-corrected chi connectivity index (χ1v) is 6.19. The molecule has 0 aromatic heterocycles. The van der Waals surface area contributed by atoms with E-state index in [1.807, 2.05) is 0 Å². The Morgan fingerprint density at radius 1 is 1.40 bits per heavy atom. The van der Waals surface area contributed by atoms with E-state index >= 15 is 0 Å². The molecule has 110 valence electrons. The van der Waals surface area contributed by atoms with Crippen LogP contribution in [0.4, 0.5) is 10.5 Å². The van der Waals surface area contributed by atoms with Gasteiger partial charge < -0.3 is 20.1 Å². The molecule has 0 unspecified atom stereocenters. The van der Waals surface area contributed by atoms with E-state index in [1.54, 1.807) is 18.2 Å². The average molecular weight is 301 g/mol. The molecule has 7 heteroatoms. The maximum atomic E-state index is 12.1. The largest absolute Gasteiger partial charge is 0.497 e. The van der Waals surface area contributed by atoms with Crippen molar-refractivity contribution in [2.24, 2.45) is 0 Å². The minimum absolute atomic E-state index is 0.334. The van der Waals surface area contributed by atoms with Gasteiger partial charge in [0.15, 0.2) is 0 Å². The molecular formula is C13H17ClN2O4. The first-order chi connectivity index (χ1) is 9.20. The number of carboxylic acids is 1. The van der Waals surface area contributed by atoms with E-state index < -0.39 is 17.5 Å². The molecule has 0 spiro atoms. The van der Waals surface area contributed by atoms with Crippen LogP contribution in [0.1, 0.15) is 13.8 Å². The molecule has 0 atom stereocenters. The van der Waals surface area contributed by atoms with Gasteiger partial charge in [-0.1, -0.05) is 11.6 Å². The highest BCUT2D eigenvalue weighted by atomic mass is 35.5. The van der Waals surface area contributed by atoms with Crippen molar-refractivity contribution >= 4 is 29.3 Å². The van der Waals surface area contributed by atoms with Crippen molar-refractivity contribution in [3.05, 3.63) is 23.2 Å². The van der Waals surface area contributed by atoms with Crippen molar-refractivity contribution in [3.8, 4) is 5.75 Å². The maximum Gasteiger partial charge on any atom is 0.329 e. The second-order valence-electron chi connectivity index (χ2n) is 4.70. The Balaban J connectivity index is 2.93. The molecule has 1 aromatic rings. The number of hydrogen-bond acceptors (Lipinski definition) is 3. The smallest absolute Gasteiger partial charge is 0.329 e. The van der Waals surface area contributed by atoms with E-state index in [0.717, 1.165) is 4.90 Å². The Hall–Kier alpha value is -1.95. The third-order valence-corrected chi connectivity index (χ3v) is 3.41. The predicted molar refractivity (Wildman–Crippen MR) is 76.5 cm³/mol. The van der Waals surface area contributed by atoms with Crippen LogP contribution in [0.15, 0.2) is 18.2 Å². The molecule has 0 saturated heterocycles. The molecule has 0 aliphatic heterocycles. The fourth-order valence-corrected chi connectivity index (χ4v) is 1.49. The van der Waals surface area contributed by atoms with Crippen LogP contribution in [0.3, 0.4) is 0 Å². The van der Waals surface area contributed by atoms with E-state index in [2.05, 4.69) is 5.32 Å². The number of amides is 2. The van der Waals surface area contributed by atoms with Gasteiger partial charge in [-0.2, -0.15) is 0 Å². The van der Waals surface area contributed by atoms with Crippen molar-refractivity contribution in [2.75, 3.05) is 19.5 Å². The van der Waals surface area contributed by atoms with Crippen LogP contribution in [0.2, 0.25) is 5.02 Å². The van der Waals surface area contributed by atoms with Gasteiger partial charge in [0.25, 0.3) is 0 Å². The van der Waals surface area contributed by atoms with Crippen molar-refractivity contribution in [1.82, 2.24) is 4.90 Å². The summed E-state index contributed by atoms with van der Waals surface area (Å²) in [6.07, 6.45) is 0. The first kappa shape index (κ1) is 16.1. The standard InChI is InChI=1S/C13H17ClN2O4/c1-13(2,11(17)18)16(3)12(19)15-10-7-8(20-4)5-6-9(10)14/h5-7H,1-4H3,(H,15,19)(H,17,18). The Bertz CT molecular complexity index is 531. The molecule has 2 amide bonds. The van der Waals surface area contributed by atoms with Gasteiger partial charge in [-0.3, -0.25) is 0 Å². The predicted octanol–water partition coefficient (Wildman–Crippen LogP) is 2.68. The van der Waals surface area contributed by atoms with Crippen LogP contribution >= 0.6 is 11.6 Å². The van der Waals surface area contributed by atoms with Crippen molar-refractivity contribution < 1.29 is 19.4 Å². The minimum Gasteiger partial charge on any atom is -0.497 e.